The zero-order valence-electron chi connectivity index (χ0n) is 9.41. The molecule has 0 aromatic carbocycles. The zero-order chi connectivity index (χ0) is 10.8. The van der Waals surface area contributed by atoms with E-state index in [9.17, 15) is 0 Å². The number of likely N-dealkylation sites (tertiary alicyclic amines) is 1. The molecular weight excluding hydrogens is 210 g/mol. The van der Waals surface area contributed by atoms with Crippen LogP contribution < -0.4 is 0 Å². The third-order valence-electron chi connectivity index (χ3n) is 2.93. The summed E-state index contributed by atoms with van der Waals surface area (Å²) < 4.78 is 1.97. The van der Waals surface area contributed by atoms with Crippen LogP contribution >= 0.6 is 11.6 Å². The number of rotatable bonds is 2. The second kappa shape index (κ2) is 4.54. The molecule has 0 amide bonds. The molecule has 2 heterocycles. The number of aryl methyl sites for hydroxylation is 2. The number of halogens is 1. The Morgan fingerprint density at radius 1 is 1.60 bits per heavy atom. The summed E-state index contributed by atoms with van der Waals surface area (Å²) in [6, 6.07) is 2.15. The normalized spacial score (nSPS) is 23.3. The van der Waals surface area contributed by atoms with Crippen molar-refractivity contribution in [2.24, 2.45) is 7.05 Å². The molecule has 15 heavy (non-hydrogen) atoms. The van der Waals surface area contributed by atoms with E-state index in [1.165, 1.54) is 12.1 Å². The number of hydrogen-bond acceptors (Lipinski definition) is 2. The summed E-state index contributed by atoms with van der Waals surface area (Å²) in [4.78, 5) is 2.41. The molecule has 1 fully saturated rings. The van der Waals surface area contributed by atoms with E-state index in [1.807, 2.05) is 18.7 Å². The molecule has 4 heteroatoms. The van der Waals surface area contributed by atoms with Gasteiger partial charge in [0.25, 0.3) is 0 Å². The predicted molar refractivity (Wildman–Crippen MR) is 62.1 cm³/mol. The fourth-order valence-corrected chi connectivity index (χ4v) is 2.53. The fraction of sp³-hybridized carbons (Fsp3) is 0.727. The first kappa shape index (κ1) is 11.0. The van der Waals surface area contributed by atoms with E-state index in [2.05, 4.69) is 16.1 Å². The third-order valence-corrected chi connectivity index (χ3v) is 3.29. The van der Waals surface area contributed by atoms with Gasteiger partial charge in [0.1, 0.15) is 0 Å². The van der Waals surface area contributed by atoms with Crippen molar-refractivity contribution in [3.05, 3.63) is 17.5 Å². The summed E-state index contributed by atoms with van der Waals surface area (Å²) >= 11 is 6.16. The Morgan fingerprint density at radius 3 is 3.00 bits per heavy atom. The summed E-state index contributed by atoms with van der Waals surface area (Å²) in [6.07, 6.45) is 2.37. The fourth-order valence-electron chi connectivity index (χ4n) is 2.18. The van der Waals surface area contributed by atoms with E-state index >= 15 is 0 Å². The largest absolute Gasteiger partial charge is 0.296 e. The first-order chi connectivity index (χ1) is 7.15. The van der Waals surface area contributed by atoms with E-state index in [4.69, 9.17) is 11.6 Å². The molecular formula is C11H18ClN3. The van der Waals surface area contributed by atoms with Crippen molar-refractivity contribution in [2.45, 2.75) is 31.7 Å². The Balaban J connectivity index is 1.99. The van der Waals surface area contributed by atoms with Crippen molar-refractivity contribution in [2.75, 3.05) is 13.1 Å². The minimum Gasteiger partial charge on any atom is -0.296 e. The lowest BCUT2D eigenvalue weighted by Crippen LogP contribution is -2.35. The monoisotopic (exact) mass is 227 g/mol. The number of nitrogens with zero attached hydrogens (tertiary/aromatic N) is 3. The summed E-state index contributed by atoms with van der Waals surface area (Å²) in [6.45, 7) is 5.17. The van der Waals surface area contributed by atoms with Crippen LogP contribution in [0.4, 0.5) is 0 Å². The maximum Gasteiger partial charge on any atom is 0.0597 e. The second-order valence-corrected chi connectivity index (χ2v) is 4.99. The predicted octanol–water partition coefficient (Wildman–Crippen LogP) is 1.93. The van der Waals surface area contributed by atoms with Gasteiger partial charge in [0.2, 0.25) is 0 Å². The highest BCUT2D eigenvalue weighted by Crippen LogP contribution is 2.17. The van der Waals surface area contributed by atoms with Gasteiger partial charge >= 0.3 is 0 Å². The maximum atomic E-state index is 6.16. The molecule has 1 aliphatic rings. The first-order valence-corrected chi connectivity index (χ1v) is 5.95. The molecule has 1 aromatic rings. The van der Waals surface area contributed by atoms with E-state index < -0.39 is 0 Å². The molecule has 1 aliphatic heterocycles. The van der Waals surface area contributed by atoms with Crippen LogP contribution in [-0.2, 0) is 13.6 Å². The average molecular weight is 228 g/mol. The van der Waals surface area contributed by atoms with Crippen LogP contribution in [0.1, 0.15) is 24.2 Å². The van der Waals surface area contributed by atoms with Gasteiger partial charge in [-0.05, 0) is 32.4 Å². The Morgan fingerprint density at radius 2 is 2.40 bits per heavy atom. The molecule has 0 bridgehead atoms. The smallest absolute Gasteiger partial charge is 0.0597 e. The number of alkyl halides is 1. The van der Waals surface area contributed by atoms with Gasteiger partial charge in [-0.1, -0.05) is 0 Å². The van der Waals surface area contributed by atoms with Crippen molar-refractivity contribution in [1.82, 2.24) is 14.7 Å². The summed E-state index contributed by atoms with van der Waals surface area (Å²) in [5.74, 6) is 0. The molecule has 1 atom stereocenters. The Bertz CT molecular complexity index is 335. The van der Waals surface area contributed by atoms with Crippen LogP contribution in [0.3, 0.4) is 0 Å². The van der Waals surface area contributed by atoms with E-state index in [0.29, 0.717) is 5.38 Å². The van der Waals surface area contributed by atoms with E-state index in [0.717, 1.165) is 31.7 Å². The summed E-state index contributed by atoms with van der Waals surface area (Å²) in [5.41, 5.74) is 2.37. The second-order valence-electron chi connectivity index (χ2n) is 4.38. The molecule has 0 radical (unpaired) electrons. The van der Waals surface area contributed by atoms with Crippen LogP contribution in [0.25, 0.3) is 0 Å². The van der Waals surface area contributed by atoms with Gasteiger partial charge in [0, 0.05) is 25.5 Å². The topological polar surface area (TPSA) is 21.1 Å². The molecule has 3 nitrogen and oxygen atoms in total. The van der Waals surface area contributed by atoms with Crippen molar-refractivity contribution in [1.29, 1.82) is 0 Å². The number of aromatic nitrogens is 2. The van der Waals surface area contributed by atoms with Gasteiger partial charge in [-0.2, -0.15) is 5.10 Å². The van der Waals surface area contributed by atoms with Crippen molar-refractivity contribution in [3.8, 4) is 0 Å². The zero-order valence-corrected chi connectivity index (χ0v) is 10.2. The molecule has 1 aromatic heterocycles. The van der Waals surface area contributed by atoms with Crippen molar-refractivity contribution >= 4 is 11.6 Å². The van der Waals surface area contributed by atoms with Gasteiger partial charge < -0.3 is 0 Å². The number of piperidine rings is 1. The van der Waals surface area contributed by atoms with Gasteiger partial charge in [-0.25, -0.2) is 0 Å². The maximum absolute atomic E-state index is 6.16. The minimum atomic E-state index is 0.327. The molecule has 1 unspecified atom stereocenters. The molecule has 0 N–H and O–H groups in total. The van der Waals surface area contributed by atoms with Crippen LogP contribution in [0.15, 0.2) is 6.07 Å². The standard InChI is InChI=1S/C11H18ClN3/c1-9-6-11(14(2)13-9)8-15-5-3-4-10(12)7-15/h6,10H,3-5,7-8H2,1-2H3. The highest BCUT2D eigenvalue weighted by atomic mass is 35.5. The Hall–Kier alpha value is -0.540. The number of hydrogen-bond donors (Lipinski definition) is 0. The Kier molecular flexibility index (Phi) is 3.32. The lowest BCUT2D eigenvalue weighted by atomic mass is 10.1. The average Bonchev–Trinajstić information content (AvgIpc) is 2.45. The molecule has 0 spiro atoms. The summed E-state index contributed by atoms with van der Waals surface area (Å²) in [7, 11) is 2.00. The molecule has 0 saturated carbocycles. The van der Waals surface area contributed by atoms with Crippen LogP contribution in [-0.4, -0.2) is 33.1 Å². The molecule has 1 saturated heterocycles. The van der Waals surface area contributed by atoms with Gasteiger partial charge in [0.05, 0.1) is 11.4 Å². The Labute approximate surface area is 96.0 Å². The summed E-state index contributed by atoms with van der Waals surface area (Å²) in [5, 5.41) is 4.68. The van der Waals surface area contributed by atoms with Gasteiger partial charge in [-0.3, -0.25) is 9.58 Å². The minimum absolute atomic E-state index is 0.327. The van der Waals surface area contributed by atoms with Gasteiger partial charge in [-0.15, -0.1) is 11.6 Å². The molecule has 84 valence electrons. The van der Waals surface area contributed by atoms with E-state index in [1.54, 1.807) is 0 Å². The molecule has 0 aliphatic carbocycles. The van der Waals surface area contributed by atoms with Crippen molar-refractivity contribution < 1.29 is 0 Å². The lowest BCUT2D eigenvalue weighted by molar-refractivity contribution is 0.219. The van der Waals surface area contributed by atoms with Crippen LogP contribution in [0.5, 0.6) is 0 Å². The SMILES string of the molecule is Cc1cc(CN2CCCC(Cl)C2)n(C)n1. The van der Waals surface area contributed by atoms with Crippen LogP contribution in [0, 0.1) is 6.92 Å². The third kappa shape index (κ3) is 2.73. The molecule has 2 rings (SSSR count). The van der Waals surface area contributed by atoms with E-state index in [-0.39, 0.29) is 0 Å². The lowest BCUT2D eigenvalue weighted by Gasteiger charge is -2.29. The highest BCUT2D eigenvalue weighted by molar-refractivity contribution is 6.20. The first-order valence-electron chi connectivity index (χ1n) is 5.51. The van der Waals surface area contributed by atoms with Crippen LogP contribution in [0.2, 0.25) is 0 Å². The van der Waals surface area contributed by atoms with Crippen molar-refractivity contribution in [3.63, 3.8) is 0 Å². The highest BCUT2D eigenvalue weighted by Gasteiger charge is 2.18. The van der Waals surface area contributed by atoms with Gasteiger partial charge in [0.15, 0.2) is 0 Å². The quantitative estimate of drug-likeness (QED) is 0.720.